The molecule has 0 spiro atoms. The quantitative estimate of drug-likeness (QED) is 0.854. The van der Waals surface area contributed by atoms with Crippen LogP contribution in [-0.2, 0) is 11.3 Å². The Balaban J connectivity index is 1.97. The van der Waals surface area contributed by atoms with E-state index in [4.69, 9.17) is 5.73 Å². The van der Waals surface area contributed by atoms with E-state index < -0.39 is 5.91 Å². The molecule has 2 rings (SSSR count). The van der Waals surface area contributed by atoms with Crippen molar-refractivity contribution in [3.63, 3.8) is 0 Å². The first kappa shape index (κ1) is 12.8. The van der Waals surface area contributed by atoms with Gasteiger partial charge in [0, 0.05) is 11.9 Å². The molecule has 0 aliphatic carbocycles. The van der Waals surface area contributed by atoms with Crippen molar-refractivity contribution in [2.75, 3.05) is 5.32 Å². The number of hydrogen-bond donors (Lipinski definition) is 2. The van der Waals surface area contributed by atoms with Gasteiger partial charge in [0.25, 0.3) is 5.91 Å². The number of rotatable bonds is 4. The van der Waals surface area contributed by atoms with Crippen molar-refractivity contribution >= 4 is 17.5 Å². The zero-order valence-electron chi connectivity index (χ0n) is 10.5. The number of nitrogens with zero attached hydrogens (tertiary/aromatic N) is 2. The second-order valence-corrected chi connectivity index (χ2v) is 4.21. The zero-order chi connectivity index (χ0) is 13.8. The molecule has 0 radical (unpaired) electrons. The van der Waals surface area contributed by atoms with Crippen molar-refractivity contribution in [2.45, 2.75) is 13.5 Å². The molecule has 1 aromatic heterocycles. The fraction of sp³-hybridized carbons (Fsp3) is 0.154. The van der Waals surface area contributed by atoms with Crippen LogP contribution in [0.15, 0.2) is 36.7 Å². The van der Waals surface area contributed by atoms with E-state index in [1.165, 1.54) is 17.1 Å². The van der Waals surface area contributed by atoms with Gasteiger partial charge >= 0.3 is 0 Å². The molecule has 1 aromatic carbocycles. The van der Waals surface area contributed by atoms with Crippen LogP contribution in [0.2, 0.25) is 0 Å². The Kier molecular flexibility index (Phi) is 3.61. The van der Waals surface area contributed by atoms with E-state index in [9.17, 15) is 9.59 Å². The number of carbonyl (C=O) groups is 2. The van der Waals surface area contributed by atoms with E-state index in [0.29, 0.717) is 0 Å². The van der Waals surface area contributed by atoms with Gasteiger partial charge in [-0.05, 0) is 19.1 Å². The van der Waals surface area contributed by atoms with E-state index >= 15 is 0 Å². The maximum atomic E-state index is 11.8. The standard InChI is InChI=1S/C13H14N4O2/c1-9-2-4-11(5-3-9)16-12(18)8-17-7-10(6-15-17)13(14)19/h2-7H,8H2,1H3,(H2,14,19)(H,16,18). The average Bonchev–Trinajstić information content (AvgIpc) is 2.80. The molecule has 98 valence electrons. The highest BCUT2D eigenvalue weighted by molar-refractivity contribution is 5.93. The van der Waals surface area contributed by atoms with Crippen LogP contribution in [0.5, 0.6) is 0 Å². The number of carbonyl (C=O) groups excluding carboxylic acids is 2. The Morgan fingerprint density at radius 1 is 1.32 bits per heavy atom. The minimum Gasteiger partial charge on any atom is -0.366 e. The van der Waals surface area contributed by atoms with Crippen LogP contribution >= 0.6 is 0 Å². The lowest BCUT2D eigenvalue weighted by molar-refractivity contribution is -0.116. The minimum absolute atomic E-state index is 0.0289. The van der Waals surface area contributed by atoms with Crippen LogP contribution in [0.1, 0.15) is 15.9 Å². The third-order valence-electron chi connectivity index (χ3n) is 2.56. The molecule has 0 unspecified atom stereocenters. The number of anilines is 1. The van der Waals surface area contributed by atoms with Gasteiger partial charge in [-0.15, -0.1) is 0 Å². The Hall–Kier alpha value is -2.63. The first-order valence-electron chi connectivity index (χ1n) is 5.73. The summed E-state index contributed by atoms with van der Waals surface area (Å²) in [5.41, 5.74) is 7.23. The minimum atomic E-state index is -0.565. The van der Waals surface area contributed by atoms with Crippen molar-refractivity contribution < 1.29 is 9.59 Å². The monoisotopic (exact) mass is 258 g/mol. The van der Waals surface area contributed by atoms with Crippen molar-refractivity contribution in [3.8, 4) is 0 Å². The van der Waals surface area contributed by atoms with Crippen LogP contribution in [-0.4, -0.2) is 21.6 Å². The fourth-order valence-corrected chi connectivity index (χ4v) is 1.56. The number of amides is 2. The fourth-order valence-electron chi connectivity index (χ4n) is 1.56. The van der Waals surface area contributed by atoms with Crippen LogP contribution in [0, 0.1) is 6.92 Å². The Morgan fingerprint density at radius 2 is 2.00 bits per heavy atom. The van der Waals surface area contributed by atoms with Crippen LogP contribution in [0.3, 0.4) is 0 Å². The zero-order valence-corrected chi connectivity index (χ0v) is 10.5. The smallest absolute Gasteiger partial charge is 0.251 e. The summed E-state index contributed by atoms with van der Waals surface area (Å²) in [5, 5.41) is 6.63. The predicted octanol–water partition coefficient (Wildman–Crippen LogP) is 0.929. The second-order valence-electron chi connectivity index (χ2n) is 4.21. The van der Waals surface area contributed by atoms with Gasteiger partial charge in [0.15, 0.2) is 0 Å². The van der Waals surface area contributed by atoms with E-state index in [2.05, 4.69) is 10.4 Å². The lowest BCUT2D eigenvalue weighted by Crippen LogP contribution is -2.19. The van der Waals surface area contributed by atoms with Gasteiger partial charge in [0.2, 0.25) is 5.91 Å². The lowest BCUT2D eigenvalue weighted by atomic mass is 10.2. The van der Waals surface area contributed by atoms with Crippen LogP contribution in [0.4, 0.5) is 5.69 Å². The van der Waals surface area contributed by atoms with E-state index in [-0.39, 0.29) is 18.0 Å². The Labute approximate surface area is 110 Å². The maximum Gasteiger partial charge on any atom is 0.251 e. The second kappa shape index (κ2) is 5.34. The molecular formula is C13H14N4O2. The number of aryl methyl sites for hydroxylation is 1. The number of primary amides is 1. The van der Waals surface area contributed by atoms with Crippen LogP contribution in [0.25, 0.3) is 0 Å². The summed E-state index contributed by atoms with van der Waals surface area (Å²) in [5.74, 6) is -0.784. The summed E-state index contributed by atoms with van der Waals surface area (Å²) < 4.78 is 1.36. The SMILES string of the molecule is Cc1ccc(NC(=O)Cn2cc(C(N)=O)cn2)cc1. The Bertz CT molecular complexity index is 601. The third kappa shape index (κ3) is 3.41. The number of nitrogens with one attached hydrogen (secondary N) is 1. The molecule has 1 heterocycles. The number of benzene rings is 1. The Morgan fingerprint density at radius 3 is 2.58 bits per heavy atom. The van der Waals surface area contributed by atoms with E-state index in [0.717, 1.165) is 11.3 Å². The predicted molar refractivity (Wildman–Crippen MR) is 70.6 cm³/mol. The van der Waals surface area contributed by atoms with Crippen molar-refractivity contribution in [3.05, 3.63) is 47.8 Å². The molecule has 0 aliphatic heterocycles. The molecule has 6 nitrogen and oxygen atoms in total. The summed E-state index contributed by atoms with van der Waals surface area (Å²) in [6.45, 7) is 2.00. The molecule has 0 fully saturated rings. The van der Waals surface area contributed by atoms with Crippen molar-refractivity contribution in [1.82, 2.24) is 9.78 Å². The normalized spacial score (nSPS) is 10.2. The van der Waals surface area contributed by atoms with E-state index in [1.807, 2.05) is 31.2 Å². The third-order valence-corrected chi connectivity index (χ3v) is 2.56. The number of hydrogen-bond acceptors (Lipinski definition) is 3. The number of nitrogens with two attached hydrogens (primary N) is 1. The highest BCUT2D eigenvalue weighted by Gasteiger charge is 2.07. The average molecular weight is 258 g/mol. The summed E-state index contributed by atoms with van der Waals surface area (Å²) in [6.07, 6.45) is 2.78. The number of aromatic nitrogens is 2. The summed E-state index contributed by atoms with van der Waals surface area (Å²) >= 11 is 0. The van der Waals surface area contributed by atoms with Gasteiger partial charge in [-0.2, -0.15) is 5.10 Å². The molecule has 19 heavy (non-hydrogen) atoms. The molecule has 2 amide bonds. The van der Waals surface area contributed by atoms with Gasteiger partial charge < -0.3 is 11.1 Å². The lowest BCUT2D eigenvalue weighted by Gasteiger charge is -2.05. The highest BCUT2D eigenvalue weighted by Crippen LogP contribution is 2.08. The first-order valence-corrected chi connectivity index (χ1v) is 5.73. The molecule has 0 aliphatic rings. The molecule has 2 aromatic rings. The molecule has 0 saturated carbocycles. The van der Waals surface area contributed by atoms with Gasteiger partial charge in [-0.1, -0.05) is 17.7 Å². The molecule has 0 bridgehead atoms. The topological polar surface area (TPSA) is 90.0 Å². The molecule has 3 N–H and O–H groups in total. The van der Waals surface area contributed by atoms with Crippen molar-refractivity contribution in [1.29, 1.82) is 0 Å². The van der Waals surface area contributed by atoms with Gasteiger partial charge in [-0.3, -0.25) is 14.3 Å². The van der Waals surface area contributed by atoms with Gasteiger partial charge in [0.05, 0.1) is 11.8 Å². The summed E-state index contributed by atoms with van der Waals surface area (Å²) in [6, 6.07) is 7.47. The van der Waals surface area contributed by atoms with E-state index in [1.54, 1.807) is 0 Å². The largest absolute Gasteiger partial charge is 0.366 e. The van der Waals surface area contributed by atoms with Gasteiger partial charge in [-0.25, -0.2) is 0 Å². The summed E-state index contributed by atoms with van der Waals surface area (Å²) in [4.78, 5) is 22.6. The van der Waals surface area contributed by atoms with Crippen molar-refractivity contribution in [2.24, 2.45) is 5.73 Å². The molecule has 0 saturated heterocycles. The molecule has 0 atom stereocenters. The highest BCUT2D eigenvalue weighted by atomic mass is 16.2. The van der Waals surface area contributed by atoms with Crippen LogP contribution < -0.4 is 11.1 Å². The maximum absolute atomic E-state index is 11.8. The molecule has 6 heteroatoms. The molecular weight excluding hydrogens is 244 g/mol. The summed E-state index contributed by atoms with van der Waals surface area (Å²) in [7, 11) is 0. The van der Waals surface area contributed by atoms with Gasteiger partial charge in [0.1, 0.15) is 6.54 Å². The first-order chi connectivity index (χ1) is 9.04.